The standard InChI is InChI=1S/C21H23NO5S/c1-4-26-19(23)13-18-21(3,22(24)25)20(15-10-6-7-11-16(15)27-18)28-17-12-8-5-9-14(17)2/h5-12,18,20H,4,13H2,1-3H3/t18-,20-,21-/m1/s1. The first-order valence-electron chi connectivity index (χ1n) is 9.15. The van der Waals surface area contributed by atoms with E-state index in [1.807, 2.05) is 49.4 Å². The molecule has 28 heavy (non-hydrogen) atoms. The fourth-order valence-corrected chi connectivity index (χ4v) is 4.86. The summed E-state index contributed by atoms with van der Waals surface area (Å²) in [5.41, 5.74) is 0.299. The van der Waals surface area contributed by atoms with Gasteiger partial charge in [-0.05, 0) is 31.5 Å². The average Bonchev–Trinajstić information content (AvgIpc) is 2.66. The Hall–Kier alpha value is -2.54. The van der Waals surface area contributed by atoms with Crippen molar-refractivity contribution in [1.29, 1.82) is 0 Å². The van der Waals surface area contributed by atoms with Crippen LogP contribution in [0.5, 0.6) is 5.75 Å². The molecule has 0 fully saturated rings. The SMILES string of the molecule is CCOC(=O)C[C@H]1Oc2ccccc2[C@@H](Sc2ccccc2C)[C@]1(C)[N+](=O)[O-]. The van der Waals surface area contributed by atoms with E-state index >= 15 is 0 Å². The van der Waals surface area contributed by atoms with Crippen LogP contribution in [0.1, 0.15) is 36.6 Å². The largest absolute Gasteiger partial charge is 0.482 e. The van der Waals surface area contributed by atoms with Gasteiger partial charge in [0, 0.05) is 22.3 Å². The van der Waals surface area contributed by atoms with E-state index in [4.69, 9.17) is 9.47 Å². The van der Waals surface area contributed by atoms with Crippen LogP contribution in [0.25, 0.3) is 0 Å². The number of thioether (sulfide) groups is 1. The molecule has 0 N–H and O–H groups in total. The fraction of sp³-hybridized carbons (Fsp3) is 0.381. The Bertz CT molecular complexity index is 887. The molecule has 3 atom stereocenters. The highest BCUT2D eigenvalue weighted by Crippen LogP contribution is 2.53. The molecule has 2 aromatic carbocycles. The number of esters is 1. The van der Waals surface area contributed by atoms with E-state index in [9.17, 15) is 14.9 Å². The summed E-state index contributed by atoms with van der Waals surface area (Å²) in [7, 11) is 0. The van der Waals surface area contributed by atoms with Crippen LogP contribution >= 0.6 is 11.8 Å². The second-order valence-electron chi connectivity index (χ2n) is 6.90. The summed E-state index contributed by atoms with van der Waals surface area (Å²) in [6.45, 7) is 5.47. The fourth-order valence-electron chi connectivity index (χ4n) is 3.39. The smallest absolute Gasteiger partial charge is 0.309 e. The van der Waals surface area contributed by atoms with Crippen molar-refractivity contribution < 1.29 is 19.2 Å². The number of benzene rings is 2. The lowest BCUT2D eigenvalue weighted by Gasteiger charge is -2.40. The molecule has 0 unspecified atom stereocenters. The minimum absolute atomic E-state index is 0.176. The number of carbonyl (C=O) groups excluding carboxylic acids is 1. The van der Waals surface area contributed by atoms with Crippen molar-refractivity contribution in [1.82, 2.24) is 0 Å². The third-order valence-corrected chi connectivity index (χ3v) is 6.72. The summed E-state index contributed by atoms with van der Waals surface area (Å²) in [4.78, 5) is 25.1. The first-order valence-corrected chi connectivity index (χ1v) is 10.0. The summed E-state index contributed by atoms with van der Waals surface area (Å²) in [5.74, 6) is 0.0711. The van der Waals surface area contributed by atoms with E-state index in [1.54, 1.807) is 19.9 Å². The van der Waals surface area contributed by atoms with E-state index < -0.39 is 22.9 Å². The molecule has 0 aromatic heterocycles. The average molecular weight is 401 g/mol. The maximum absolute atomic E-state index is 12.3. The molecule has 1 heterocycles. The molecule has 3 rings (SSSR count). The Labute approximate surface area is 168 Å². The molecule has 2 aromatic rings. The number of nitrogens with zero attached hydrogens (tertiary/aromatic N) is 1. The number of fused-ring (bicyclic) bond motifs is 1. The van der Waals surface area contributed by atoms with Crippen molar-refractivity contribution in [2.75, 3.05) is 6.61 Å². The molecule has 0 saturated heterocycles. The Morgan fingerprint density at radius 2 is 1.93 bits per heavy atom. The molecule has 1 aliphatic rings. The van der Waals surface area contributed by atoms with E-state index in [2.05, 4.69) is 0 Å². The van der Waals surface area contributed by atoms with Crippen molar-refractivity contribution in [2.24, 2.45) is 0 Å². The molecule has 6 nitrogen and oxygen atoms in total. The molecule has 148 valence electrons. The summed E-state index contributed by atoms with van der Waals surface area (Å²) in [6, 6.07) is 15.1. The van der Waals surface area contributed by atoms with E-state index in [1.165, 1.54) is 11.8 Å². The Morgan fingerprint density at radius 3 is 2.61 bits per heavy atom. The van der Waals surface area contributed by atoms with E-state index in [-0.39, 0.29) is 18.0 Å². The predicted octanol–water partition coefficient (Wildman–Crippen LogP) is 4.58. The van der Waals surface area contributed by atoms with Crippen LogP contribution < -0.4 is 4.74 Å². The van der Waals surface area contributed by atoms with Gasteiger partial charge in [0.05, 0.1) is 13.0 Å². The number of hydrogen-bond acceptors (Lipinski definition) is 6. The highest BCUT2D eigenvalue weighted by molar-refractivity contribution is 7.99. The molecule has 0 radical (unpaired) electrons. The van der Waals surface area contributed by atoms with Crippen LogP contribution in [-0.2, 0) is 9.53 Å². The van der Waals surface area contributed by atoms with Crippen molar-refractivity contribution >= 4 is 17.7 Å². The molecule has 1 aliphatic heterocycles. The van der Waals surface area contributed by atoms with Crippen LogP contribution in [0.3, 0.4) is 0 Å². The van der Waals surface area contributed by atoms with Crippen LogP contribution in [0.4, 0.5) is 0 Å². The Morgan fingerprint density at radius 1 is 1.25 bits per heavy atom. The van der Waals surface area contributed by atoms with Gasteiger partial charge in [0.2, 0.25) is 0 Å². The van der Waals surface area contributed by atoms with Gasteiger partial charge in [-0.2, -0.15) is 0 Å². The highest BCUT2D eigenvalue weighted by Gasteiger charge is 2.59. The van der Waals surface area contributed by atoms with E-state index in [0.717, 1.165) is 16.0 Å². The van der Waals surface area contributed by atoms with Gasteiger partial charge in [-0.1, -0.05) is 36.4 Å². The minimum atomic E-state index is -1.51. The van der Waals surface area contributed by atoms with Gasteiger partial charge < -0.3 is 9.47 Å². The molecule has 0 bridgehead atoms. The summed E-state index contributed by atoms with van der Waals surface area (Å²) >= 11 is 1.44. The second kappa shape index (κ2) is 8.22. The number of rotatable bonds is 6. The van der Waals surface area contributed by atoms with Gasteiger partial charge >= 0.3 is 5.97 Å². The monoisotopic (exact) mass is 401 g/mol. The maximum atomic E-state index is 12.3. The number of nitro groups is 1. The van der Waals surface area contributed by atoms with Crippen molar-refractivity contribution in [3.63, 3.8) is 0 Å². The lowest BCUT2D eigenvalue weighted by atomic mass is 9.83. The Balaban J connectivity index is 2.08. The summed E-state index contributed by atoms with van der Waals surface area (Å²) in [5, 5.41) is 11.8. The van der Waals surface area contributed by atoms with Crippen molar-refractivity contribution in [2.45, 2.75) is 49.0 Å². The lowest BCUT2D eigenvalue weighted by molar-refractivity contribution is -0.578. The van der Waals surface area contributed by atoms with Gasteiger partial charge in [0.25, 0.3) is 5.54 Å². The zero-order valence-corrected chi connectivity index (χ0v) is 16.9. The highest BCUT2D eigenvalue weighted by atomic mass is 32.2. The van der Waals surface area contributed by atoms with Crippen molar-refractivity contribution in [3.05, 3.63) is 69.8 Å². The molecule has 0 aliphatic carbocycles. The normalized spacial score (nSPS) is 23.4. The van der Waals surface area contributed by atoms with Crippen LogP contribution in [0.2, 0.25) is 0 Å². The number of ether oxygens (including phenoxy) is 2. The Kier molecular flexibility index (Phi) is 5.93. The number of aryl methyl sites for hydroxylation is 1. The quantitative estimate of drug-likeness (QED) is 0.401. The number of para-hydroxylation sites is 1. The van der Waals surface area contributed by atoms with Gasteiger partial charge in [0.1, 0.15) is 11.0 Å². The van der Waals surface area contributed by atoms with Crippen molar-refractivity contribution in [3.8, 4) is 5.75 Å². The molecular formula is C21H23NO5S. The zero-order chi connectivity index (χ0) is 20.3. The van der Waals surface area contributed by atoms with Crippen LogP contribution in [0.15, 0.2) is 53.4 Å². The first kappa shape index (κ1) is 20.2. The molecule has 0 saturated carbocycles. The van der Waals surface area contributed by atoms with Gasteiger partial charge in [0.15, 0.2) is 6.10 Å². The van der Waals surface area contributed by atoms with Gasteiger partial charge in [-0.3, -0.25) is 14.9 Å². The minimum Gasteiger partial charge on any atom is -0.482 e. The molecular weight excluding hydrogens is 378 g/mol. The lowest BCUT2D eigenvalue weighted by Crippen LogP contribution is -2.56. The van der Waals surface area contributed by atoms with E-state index in [0.29, 0.717) is 5.75 Å². The van der Waals surface area contributed by atoms with Crippen LogP contribution in [-0.4, -0.2) is 29.1 Å². The van der Waals surface area contributed by atoms with Gasteiger partial charge in [-0.25, -0.2) is 0 Å². The summed E-state index contributed by atoms with van der Waals surface area (Å²) in [6.07, 6.45) is -1.11. The number of hydrogen-bond donors (Lipinski definition) is 0. The predicted molar refractivity (Wildman–Crippen MR) is 107 cm³/mol. The summed E-state index contributed by atoms with van der Waals surface area (Å²) < 4.78 is 11.0. The second-order valence-corrected chi connectivity index (χ2v) is 8.05. The third kappa shape index (κ3) is 3.71. The van der Waals surface area contributed by atoms with Crippen LogP contribution in [0, 0.1) is 17.0 Å². The third-order valence-electron chi connectivity index (χ3n) is 5.04. The maximum Gasteiger partial charge on any atom is 0.309 e. The number of carbonyl (C=O) groups is 1. The molecule has 0 amide bonds. The molecule has 0 spiro atoms. The first-order chi connectivity index (χ1) is 13.4. The van der Waals surface area contributed by atoms with Gasteiger partial charge in [-0.15, -0.1) is 11.8 Å². The molecule has 7 heteroatoms. The zero-order valence-electron chi connectivity index (χ0n) is 16.1. The topological polar surface area (TPSA) is 78.7 Å².